The lowest BCUT2D eigenvalue weighted by Gasteiger charge is -2.35. The summed E-state index contributed by atoms with van der Waals surface area (Å²) in [5.74, 6) is 5.82. The molecule has 0 bridgehead atoms. The van der Waals surface area contributed by atoms with E-state index in [-0.39, 0.29) is 5.91 Å². The Morgan fingerprint density at radius 3 is 3.24 bits per heavy atom. The maximum atomic E-state index is 12.3. The Bertz CT molecular complexity index is 572. The summed E-state index contributed by atoms with van der Waals surface area (Å²) in [5.41, 5.74) is 6.07. The number of carbonyl (C=O) groups is 1. The number of amides is 1. The molecule has 5 heteroatoms. The third-order valence-electron chi connectivity index (χ3n) is 4.33. The highest BCUT2D eigenvalue weighted by Gasteiger charge is 2.32. The molecule has 2 unspecified atom stereocenters. The van der Waals surface area contributed by atoms with E-state index in [1.54, 1.807) is 0 Å². The Kier molecular flexibility index (Phi) is 4.59. The third-order valence-corrected chi connectivity index (χ3v) is 5.18. The molecular weight excluding hydrogens is 282 g/mol. The van der Waals surface area contributed by atoms with Gasteiger partial charge in [0.1, 0.15) is 0 Å². The quantitative estimate of drug-likeness (QED) is 0.812. The number of thiophene rings is 1. The van der Waals surface area contributed by atoms with Crippen LogP contribution < -0.4 is 11.1 Å². The smallest absolute Gasteiger partial charge is 0.252 e. The van der Waals surface area contributed by atoms with Crippen molar-refractivity contribution >= 4 is 17.2 Å². The lowest BCUT2D eigenvalue weighted by atomic mass is 9.97. The molecular formula is C16H21N3OS. The molecule has 0 aliphatic carbocycles. The molecule has 2 fully saturated rings. The molecule has 3 heterocycles. The first-order valence-electron chi connectivity index (χ1n) is 7.58. The summed E-state index contributed by atoms with van der Waals surface area (Å²) in [6.07, 6.45) is 4.74. The molecule has 3 N–H and O–H groups in total. The Morgan fingerprint density at radius 1 is 1.48 bits per heavy atom. The highest BCUT2D eigenvalue weighted by molar-refractivity contribution is 7.10. The lowest BCUT2D eigenvalue weighted by Crippen LogP contribution is -2.47. The summed E-state index contributed by atoms with van der Waals surface area (Å²) in [6, 6.07) is 2.85. The van der Waals surface area contributed by atoms with Crippen molar-refractivity contribution in [1.82, 2.24) is 10.2 Å². The van der Waals surface area contributed by atoms with Crippen LogP contribution in [0.5, 0.6) is 0 Å². The Morgan fingerprint density at radius 2 is 2.38 bits per heavy atom. The number of nitrogens with two attached hydrogens (primary N) is 1. The number of piperidine rings is 1. The summed E-state index contributed by atoms with van der Waals surface area (Å²) in [4.78, 5) is 15.8. The van der Waals surface area contributed by atoms with Gasteiger partial charge in [0, 0.05) is 24.0 Å². The molecule has 0 saturated carbocycles. The second-order valence-electron chi connectivity index (χ2n) is 5.73. The van der Waals surface area contributed by atoms with Gasteiger partial charge in [-0.2, -0.15) is 0 Å². The van der Waals surface area contributed by atoms with Gasteiger partial charge < -0.3 is 16.0 Å². The largest absolute Gasteiger partial charge is 0.349 e. The van der Waals surface area contributed by atoms with Gasteiger partial charge in [0.05, 0.1) is 17.0 Å². The van der Waals surface area contributed by atoms with Crippen molar-refractivity contribution < 1.29 is 4.79 Å². The van der Waals surface area contributed by atoms with Crippen LogP contribution in [0.4, 0.5) is 0 Å². The van der Waals surface area contributed by atoms with Crippen LogP contribution in [0.3, 0.4) is 0 Å². The van der Waals surface area contributed by atoms with Gasteiger partial charge in [0.15, 0.2) is 0 Å². The average Bonchev–Trinajstić information content (AvgIpc) is 3.13. The molecule has 3 rings (SSSR count). The van der Waals surface area contributed by atoms with Crippen LogP contribution in [0.25, 0.3) is 0 Å². The molecule has 112 valence electrons. The van der Waals surface area contributed by atoms with Crippen LogP contribution in [-0.2, 0) is 0 Å². The van der Waals surface area contributed by atoms with Crippen molar-refractivity contribution in [3.8, 4) is 11.8 Å². The normalized spacial score (nSPS) is 25.0. The van der Waals surface area contributed by atoms with Crippen molar-refractivity contribution in [2.24, 2.45) is 5.73 Å². The highest BCUT2D eigenvalue weighted by Crippen LogP contribution is 2.27. The summed E-state index contributed by atoms with van der Waals surface area (Å²) in [7, 11) is 0. The Hall–Kier alpha value is -1.35. The van der Waals surface area contributed by atoms with Crippen molar-refractivity contribution in [2.45, 2.75) is 37.8 Å². The third kappa shape index (κ3) is 3.46. The topological polar surface area (TPSA) is 58.4 Å². The monoisotopic (exact) mass is 303 g/mol. The molecule has 2 aliphatic rings. The van der Waals surface area contributed by atoms with E-state index in [4.69, 9.17) is 5.73 Å². The molecule has 1 aromatic rings. The second kappa shape index (κ2) is 6.61. The number of nitrogens with one attached hydrogen (secondary N) is 1. The maximum absolute atomic E-state index is 12.3. The fourth-order valence-electron chi connectivity index (χ4n) is 3.28. The van der Waals surface area contributed by atoms with Crippen LogP contribution in [0.1, 0.15) is 40.9 Å². The van der Waals surface area contributed by atoms with Gasteiger partial charge in [-0.3, -0.25) is 4.79 Å². The molecule has 0 radical (unpaired) electrons. The van der Waals surface area contributed by atoms with Crippen molar-refractivity contribution in [2.75, 3.05) is 19.6 Å². The minimum absolute atomic E-state index is 0.0310. The van der Waals surface area contributed by atoms with E-state index in [1.807, 2.05) is 11.4 Å². The second-order valence-corrected chi connectivity index (χ2v) is 6.64. The van der Waals surface area contributed by atoms with Gasteiger partial charge in [-0.25, -0.2) is 0 Å². The molecule has 2 aliphatic heterocycles. The first-order valence-corrected chi connectivity index (χ1v) is 8.46. The van der Waals surface area contributed by atoms with Crippen molar-refractivity contribution in [3.05, 3.63) is 21.9 Å². The van der Waals surface area contributed by atoms with Gasteiger partial charge >= 0.3 is 0 Å². The van der Waals surface area contributed by atoms with E-state index in [2.05, 4.69) is 22.1 Å². The van der Waals surface area contributed by atoms with Gasteiger partial charge in [-0.05, 0) is 38.3 Å². The van der Waals surface area contributed by atoms with E-state index >= 15 is 0 Å². The number of carbonyl (C=O) groups excluding carboxylic acids is 1. The summed E-state index contributed by atoms with van der Waals surface area (Å²) in [6.45, 7) is 2.70. The van der Waals surface area contributed by atoms with Gasteiger partial charge in [-0.15, -0.1) is 11.3 Å². The van der Waals surface area contributed by atoms with Gasteiger partial charge in [0.2, 0.25) is 0 Å². The number of nitrogens with zero attached hydrogens (tertiary/aromatic N) is 1. The molecule has 1 amide bonds. The van der Waals surface area contributed by atoms with Crippen molar-refractivity contribution in [1.29, 1.82) is 0 Å². The highest BCUT2D eigenvalue weighted by atomic mass is 32.1. The van der Waals surface area contributed by atoms with Crippen LogP contribution in [-0.4, -0.2) is 42.5 Å². The lowest BCUT2D eigenvalue weighted by molar-refractivity contribution is 0.0896. The molecule has 21 heavy (non-hydrogen) atoms. The Balaban J connectivity index is 1.57. The van der Waals surface area contributed by atoms with E-state index in [9.17, 15) is 4.79 Å². The zero-order valence-electron chi connectivity index (χ0n) is 12.1. The van der Waals surface area contributed by atoms with Gasteiger partial charge in [0.25, 0.3) is 5.91 Å². The number of fused-ring (bicyclic) bond motifs is 1. The van der Waals surface area contributed by atoms with E-state index < -0.39 is 0 Å². The molecule has 0 aromatic carbocycles. The zero-order valence-corrected chi connectivity index (χ0v) is 12.9. The first kappa shape index (κ1) is 14.6. The van der Waals surface area contributed by atoms with Crippen molar-refractivity contribution in [3.63, 3.8) is 0 Å². The first-order chi connectivity index (χ1) is 10.3. The predicted molar refractivity (Wildman–Crippen MR) is 85.3 cm³/mol. The number of rotatable bonds is 2. The average molecular weight is 303 g/mol. The van der Waals surface area contributed by atoms with Crippen LogP contribution in [0, 0.1) is 11.8 Å². The predicted octanol–water partition coefficient (Wildman–Crippen LogP) is 1.41. The molecule has 0 spiro atoms. The summed E-state index contributed by atoms with van der Waals surface area (Å²) in [5, 5.41) is 5.06. The standard InChI is InChI=1S/C16H21N3OS/c17-6-1-4-15-9-12(11-21-15)16(20)18-13-5-8-19-7-2-3-14(19)10-13/h9,11,13-14H,2-3,5-8,10,17H2,(H,18,20). The van der Waals surface area contributed by atoms with Crippen LogP contribution in [0.2, 0.25) is 0 Å². The van der Waals surface area contributed by atoms with E-state index in [1.165, 1.54) is 30.7 Å². The molecule has 1 aromatic heterocycles. The number of hydrogen-bond acceptors (Lipinski definition) is 4. The Labute approximate surface area is 129 Å². The van der Waals surface area contributed by atoms with Gasteiger partial charge in [-0.1, -0.05) is 11.8 Å². The minimum atomic E-state index is 0.0310. The molecule has 2 saturated heterocycles. The zero-order chi connectivity index (χ0) is 14.7. The summed E-state index contributed by atoms with van der Waals surface area (Å²) < 4.78 is 0. The maximum Gasteiger partial charge on any atom is 0.252 e. The minimum Gasteiger partial charge on any atom is -0.349 e. The fraction of sp³-hybridized carbons (Fsp3) is 0.562. The number of hydrogen-bond donors (Lipinski definition) is 2. The fourth-order valence-corrected chi connectivity index (χ4v) is 4.04. The molecule has 2 atom stereocenters. The molecule has 4 nitrogen and oxygen atoms in total. The van der Waals surface area contributed by atoms with Crippen LogP contribution in [0.15, 0.2) is 11.4 Å². The SMILES string of the molecule is NCC#Cc1cc(C(=O)NC2CCN3CCCC3C2)cs1. The van der Waals surface area contributed by atoms with E-state index in [0.717, 1.165) is 29.8 Å². The van der Waals surface area contributed by atoms with E-state index in [0.29, 0.717) is 18.6 Å². The van der Waals surface area contributed by atoms with Crippen LogP contribution >= 0.6 is 11.3 Å². The summed E-state index contributed by atoms with van der Waals surface area (Å²) >= 11 is 1.50.